The molecule has 0 bridgehead atoms. The minimum atomic E-state index is -4.89. The van der Waals surface area contributed by atoms with Gasteiger partial charge in [-0.15, -0.1) is 0 Å². The summed E-state index contributed by atoms with van der Waals surface area (Å²) in [5.41, 5.74) is 14.1. The number of hydrogen-bond donors (Lipinski definition) is 6. The van der Waals surface area contributed by atoms with E-state index in [2.05, 4.69) is 24.5 Å². The summed E-state index contributed by atoms with van der Waals surface area (Å²) in [7, 11) is -4.89. The second-order valence-corrected chi connectivity index (χ2v) is 9.74. The number of H-pyrrole nitrogens is 1. The Bertz CT molecular complexity index is 1490. The zero-order chi connectivity index (χ0) is 26.3. The molecule has 0 amide bonds. The van der Waals surface area contributed by atoms with Crippen LogP contribution < -0.4 is 11.5 Å². The average molecular weight is 533 g/mol. The van der Waals surface area contributed by atoms with Crippen molar-refractivity contribution in [1.82, 2.24) is 24.5 Å². The first-order valence-corrected chi connectivity index (χ1v) is 12.6. The van der Waals surface area contributed by atoms with Crippen LogP contribution in [0.3, 0.4) is 0 Å². The lowest BCUT2D eigenvalue weighted by atomic mass is 10.1. The van der Waals surface area contributed by atoms with Gasteiger partial charge < -0.3 is 40.8 Å². The highest BCUT2D eigenvalue weighted by Crippen LogP contribution is 2.39. The molecular weight excluding hydrogens is 509 g/mol. The number of aliphatic hydroxyl groups excluding tert-OH is 1. The molecule has 1 aliphatic rings. The fraction of sp³-hybridized carbons (Fsp3) is 0.333. The molecule has 8 N–H and O–H groups in total. The minimum absolute atomic E-state index is 0.101. The number of carbonyl (C=O) groups is 1. The van der Waals surface area contributed by atoms with E-state index in [1.165, 1.54) is 17.2 Å². The quantitative estimate of drug-likeness (QED) is 0.127. The maximum Gasteiger partial charge on any atom is 0.469 e. The van der Waals surface area contributed by atoms with Crippen LogP contribution in [0.5, 0.6) is 0 Å². The molecule has 1 aromatic carbocycles. The first-order valence-electron chi connectivity index (χ1n) is 11.1. The molecule has 37 heavy (non-hydrogen) atoms. The first-order chi connectivity index (χ1) is 17.6. The lowest BCUT2D eigenvalue weighted by Gasteiger charge is -2.22. The van der Waals surface area contributed by atoms with Gasteiger partial charge in [-0.3, -0.25) is 13.9 Å². The molecule has 4 heterocycles. The summed E-state index contributed by atoms with van der Waals surface area (Å²) in [6.45, 7) is -0.683. The number of nitrogens with zero attached hydrogens (tertiary/aromatic N) is 4. The Morgan fingerprint density at radius 2 is 2.05 bits per heavy atom. The summed E-state index contributed by atoms with van der Waals surface area (Å²) in [6.07, 6.45) is -0.944. The van der Waals surface area contributed by atoms with Crippen molar-refractivity contribution in [3.8, 4) is 0 Å². The highest BCUT2D eigenvalue weighted by atomic mass is 31.2. The molecule has 1 aliphatic heterocycles. The number of nitrogens with one attached hydrogen (secondary N) is 1. The van der Waals surface area contributed by atoms with Crippen LogP contribution in [0.25, 0.3) is 22.1 Å². The number of imidazole rings is 1. The smallest absolute Gasteiger partial charge is 0.455 e. The van der Waals surface area contributed by atoms with Gasteiger partial charge in [-0.1, -0.05) is 18.2 Å². The summed E-state index contributed by atoms with van der Waals surface area (Å²) in [5, 5.41) is 12.0. The topological polar surface area (TPSA) is 234 Å². The Morgan fingerprint density at radius 1 is 1.27 bits per heavy atom. The predicted molar refractivity (Wildman–Crippen MR) is 128 cm³/mol. The van der Waals surface area contributed by atoms with Crippen molar-refractivity contribution in [3.05, 3.63) is 48.7 Å². The fourth-order valence-electron chi connectivity index (χ4n) is 4.30. The van der Waals surface area contributed by atoms with Crippen LogP contribution in [-0.4, -0.2) is 76.3 Å². The molecule has 16 heteroatoms. The van der Waals surface area contributed by atoms with Crippen molar-refractivity contribution in [1.29, 1.82) is 0 Å². The molecule has 0 radical (unpaired) electrons. The predicted octanol–water partition coefficient (Wildman–Crippen LogP) is -0.261. The number of aliphatic hydroxyl groups is 1. The molecule has 0 saturated carbocycles. The summed E-state index contributed by atoms with van der Waals surface area (Å²) in [6, 6.07) is 6.41. The highest BCUT2D eigenvalue weighted by molar-refractivity contribution is 7.46. The zero-order valence-electron chi connectivity index (χ0n) is 19.1. The number of esters is 1. The van der Waals surface area contributed by atoms with Gasteiger partial charge in [0.25, 0.3) is 0 Å². The lowest BCUT2D eigenvalue weighted by Crippen LogP contribution is -2.43. The van der Waals surface area contributed by atoms with Crippen LogP contribution >= 0.6 is 7.82 Å². The minimum Gasteiger partial charge on any atom is -0.455 e. The van der Waals surface area contributed by atoms with Crippen molar-refractivity contribution < 1.29 is 38.3 Å². The number of rotatable bonds is 8. The second-order valence-electron chi connectivity index (χ2n) is 8.50. The summed E-state index contributed by atoms with van der Waals surface area (Å²) >= 11 is 0. The van der Waals surface area contributed by atoms with E-state index in [-0.39, 0.29) is 23.4 Å². The van der Waals surface area contributed by atoms with E-state index in [9.17, 15) is 14.5 Å². The zero-order valence-corrected chi connectivity index (χ0v) is 20.0. The number of phosphoric acid groups is 1. The van der Waals surface area contributed by atoms with E-state index < -0.39 is 51.0 Å². The summed E-state index contributed by atoms with van der Waals surface area (Å²) in [5.74, 6) is -0.745. The number of anilines is 1. The number of fused-ring (bicyclic) bond motifs is 2. The van der Waals surface area contributed by atoms with E-state index in [1.54, 1.807) is 6.20 Å². The first kappa shape index (κ1) is 25.2. The molecule has 0 aliphatic carbocycles. The third-order valence-corrected chi connectivity index (χ3v) is 6.53. The third kappa shape index (κ3) is 5.06. The summed E-state index contributed by atoms with van der Waals surface area (Å²) < 4.78 is 28.5. The van der Waals surface area contributed by atoms with Crippen LogP contribution in [0.2, 0.25) is 0 Å². The number of benzene rings is 1. The van der Waals surface area contributed by atoms with Crippen LogP contribution in [0, 0.1) is 0 Å². The van der Waals surface area contributed by atoms with E-state index in [0.717, 1.165) is 16.5 Å². The maximum absolute atomic E-state index is 12.9. The second kappa shape index (κ2) is 9.79. The molecule has 5 rings (SSSR count). The number of aromatic amines is 1. The van der Waals surface area contributed by atoms with Crippen LogP contribution in [0.4, 0.5) is 5.82 Å². The van der Waals surface area contributed by atoms with E-state index >= 15 is 0 Å². The molecule has 0 spiro atoms. The van der Waals surface area contributed by atoms with E-state index in [0.29, 0.717) is 0 Å². The number of nitrogens with two attached hydrogens (primary N) is 2. The van der Waals surface area contributed by atoms with Crippen molar-refractivity contribution >= 4 is 41.7 Å². The van der Waals surface area contributed by atoms with Crippen molar-refractivity contribution in [2.24, 2.45) is 5.73 Å². The number of hydrogen-bond acceptors (Lipinski definition) is 11. The van der Waals surface area contributed by atoms with Gasteiger partial charge in [0, 0.05) is 23.5 Å². The Kier molecular flexibility index (Phi) is 6.68. The number of nitrogen functional groups attached to an aromatic ring is 1. The molecule has 5 atom stereocenters. The molecule has 15 nitrogen and oxygen atoms in total. The largest absolute Gasteiger partial charge is 0.469 e. The lowest BCUT2D eigenvalue weighted by molar-refractivity contribution is -0.158. The molecule has 196 valence electrons. The Labute approximate surface area is 208 Å². The number of para-hydroxylation sites is 1. The van der Waals surface area contributed by atoms with Gasteiger partial charge in [-0.2, -0.15) is 0 Å². The molecule has 1 fully saturated rings. The van der Waals surface area contributed by atoms with Gasteiger partial charge in [0.15, 0.2) is 23.8 Å². The van der Waals surface area contributed by atoms with Gasteiger partial charge in [-0.05, 0) is 11.6 Å². The Hall–Kier alpha value is -3.43. The molecule has 1 saturated heterocycles. The number of aromatic nitrogens is 5. The average Bonchev–Trinajstić information content (AvgIpc) is 3.54. The summed E-state index contributed by atoms with van der Waals surface area (Å²) in [4.78, 5) is 46.4. The van der Waals surface area contributed by atoms with Crippen LogP contribution in [0.15, 0.2) is 43.1 Å². The number of ether oxygens (including phenoxy) is 2. The van der Waals surface area contributed by atoms with Crippen molar-refractivity contribution in [3.63, 3.8) is 0 Å². The van der Waals surface area contributed by atoms with Gasteiger partial charge in [0.1, 0.15) is 30.1 Å². The third-order valence-electron chi connectivity index (χ3n) is 6.05. The number of phosphoric ester groups is 1. The van der Waals surface area contributed by atoms with E-state index in [4.69, 9.17) is 30.7 Å². The number of carbonyl (C=O) groups excluding carboxylic acids is 1. The van der Waals surface area contributed by atoms with Gasteiger partial charge in [0.2, 0.25) is 0 Å². The van der Waals surface area contributed by atoms with E-state index in [1.807, 2.05) is 24.3 Å². The van der Waals surface area contributed by atoms with Gasteiger partial charge in [0.05, 0.1) is 12.9 Å². The SMILES string of the molecule is Nc1ncnc2c1ncn2C1OC(COP(=O)(O)O)C(OC(=O)C(N)Cc2c[nH]c3ccccc23)C1O. The van der Waals surface area contributed by atoms with Crippen LogP contribution in [0.1, 0.15) is 11.8 Å². The monoisotopic (exact) mass is 533 g/mol. The highest BCUT2D eigenvalue weighted by Gasteiger charge is 2.49. The van der Waals surface area contributed by atoms with Gasteiger partial charge in [-0.25, -0.2) is 19.5 Å². The molecule has 3 aromatic heterocycles. The molecule has 5 unspecified atom stereocenters. The van der Waals surface area contributed by atoms with Crippen molar-refractivity contribution in [2.45, 2.75) is 37.0 Å². The van der Waals surface area contributed by atoms with Crippen LogP contribution in [-0.2, 0) is 29.8 Å². The van der Waals surface area contributed by atoms with Gasteiger partial charge >= 0.3 is 13.8 Å². The maximum atomic E-state index is 12.9. The van der Waals surface area contributed by atoms with Crippen molar-refractivity contribution in [2.75, 3.05) is 12.3 Å². The molecule has 4 aromatic rings. The Morgan fingerprint density at radius 3 is 2.84 bits per heavy atom. The normalized spacial score (nSPS) is 23.0. The fourth-order valence-corrected chi connectivity index (χ4v) is 4.64. The molecular formula is C21H24N7O8P. The standard InChI is InChI=1S/C21H24N7O8P/c22-12(5-10-6-24-13-4-2-1-3-11(10)13)21(30)36-17-14(7-34-37(31,32)33)35-20(16(17)29)28-9-27-15-18(23)25-8-26-19(15)28/h1-4,6,8-9,12,14,16-17,20,24,29H,5,7,22H2,(H2,23,25,26)(H2,31,32,33). The Balaban J connectivity index is 1.36.